The van der Waals surface area contributed by atoms with E-state index in [4.69, 9.17) is 18.5 Å². The van der Waals surface area contributed by atoms with E-state index in [1.165, 1.54) is 11.8 Å². The van der Waals surface area contributed by atoms with Crippen molar-refractivity contribution in [3.63, 3.8) is 0 Å². The molecule has 0 rings (SSSR count). The van der Waals surface area contributed by atoms with E-state index in [9.17, 15) is 33.4 Å². The molecule has 0 bridgehead atoms. The normalized spacial score (nSPS) is 13.4. The molecule has 250 valence electrons. The van der Waals surface area contributed by atoms with Crippen LogP contribution in [0, 0.1) is 0 Å². The number of ether oxygens (including phenoxy) is 2. The topological polar surface area (TPSA) is 187 Å². The highest BCUT2D eigenvalue weighted by molar-refractivity contribution is 7.99. The van der Waals surface area contributed by atoms with E-state index < -0.39 is 38.0 Å². The number of hydrogen-bond acceptors (Lipinski definition) is 11. The van der Waals surface area contributed by atoms with Crippen molar-refractivity contribution in [1.29, 1.82) is 0 Å². The Hall–Kier alpha value is -2.19. The number of nitrogens with zero attached hydrogens (tertiary/aromatic N) is 1. The molecule has 14 nitrogen and oxygen atoms in total. The molecule has 0 radical (unpaired) electrons. The van der Waals surface area contributed by atoms with Gasteiger partial charge in [-0.05, 0) is 26.7 Å². The molecule has 0 aliphatic rings. The van der Waals surface area contributed by atoms with Crippen molar-refractivity contribution in [3.8, 4) is 0 Å². The minimum absolute atomic E-state index is 0.0209. The second-order valence-corrected chi connectivity index (χ2v) is 12.8. The monoisotopic (exact) mass is 655 g/mol. The summed E-state index contributed by atoms with van der Waals surface area (Å²) in [6.45, 7) is 10.2. The fourth-order valence-electron chi connectivity index (χ4n) is 3.61. The van der Waals surface area contributed by atoms with Gasteiger partial charge in [-0.2, -0.15) is 11.8 Å². The minimum Gasteiger partial charge on any atom is -0.462 e. The van der Waals surface area contributed by atoms with Gasteiger partial charge in [0.2, 0.25) is 17.7 Å². The summed E-state index contributed by atoms with van der Waals surface area (Å²) < 4.78 is 31.7. The molecule has 0 spiro atoms. The third kappa shape index (κ3) is 20.4. The van der Waals surface area contributed by atoms with E-state index in [1.54, 1.807) is 20.8 Å². The lowest BCUT2D eigenvalue weighted by molar-refractivity contribution is -0.159. The van der Waals surface area contributed by atoms with Crippen LogP contribution in [0.5, 0.6) is 0 Å². The first kappa shape index (κ1) is 40.8. The lowest BCUT2D eigenvalue weighted by Gasteiger charge is -2.39. The number of phosphoric ester groups is 1. The lowest BCUT2D eigenvalue weighted by atomic mass is 9.97. The summed E-state index contributed by atoms with van der Waals surface area (Å²) >= 11 is 1.52. The highest BCUT2D eigenvalue weighted by atomic mass is 32.2. The molecular weight excluding hydrogens is 605 g/mol. The SMILES string of the molecule is CCCC(=O)OC[C@H](COP(=O)(O)OCCNC(=O)CCSCCN(C(=O)CC)C(C)(C)CCNC(=O)CC)OC(C)=O. The first-order valence-electron chi connectivity index (χ1n) is 14.5. The molecule has 0 saturated carbocycles. The molecule has 2 atom stereocenters. The summed E-state index contributed by atoms with van der Waals surface area (Å²) in [6.07, 6.45) is 1.26. The fourth-order valence-corrected chi connectivity index (χ4v) is 5.21. The molecule has 0 aromatic carbocycles. The molecule has 3 amide bonds. The van der Waals surface area contributed by atoms with Gasteiger partial charge < -0.3 is 29.9 Å². The van der Waals surface area contributed by atoms with Crippen LogP contribution in [0.25, 0.3) is 0 Å². The van der Waals surface area contributed by atoms with Gasteiger partial charge in [0.15, 0.2) is 6.10 Å². The summed E-state index contributed by atoms with van der Waals surface area (Å²) in [5.74, 6) is -0.328. The summed E-state index contributed by atoms with van der Waals surface area (Å²) in [5.41, 5.74) is -0.440. The van der Waals surface area contributed by atoms with Gasteiger partial charge in [0.1, 0.15) is 6.61 Å². The predicted molar refractivity (Wildman–Crippen MR) is 162 cm³/mol. The number of thioether (sulfide) groups is 1. The molecule has 0 aromatic rings. The second kappa shape index (κ2) is 22.3. The predicted octanol–water partition coefficient (Wildman–Crippen LogP) is 2.57. The van der Waals surface area contributed by atoms with Gasteiger partial charge >= 0.3 is 19.8 Å². The fraction of sp³-hybridized carbons (Fsp3) is 0.815. The van der Waals surface area contributed by atoms with Crippen LogP contribution in [-0.4, -0.2) is 102 Å². The van der Waals surface area contributed by atoms with Gasteiger partial charge in [-0.3, -0.25) is 33.0 Å². The Morgan fingerprint density at radius 1 is 0.930 bits per heavy atom. The third-order valence-corrected chi connectivity index (χ3v) is 7.91. The largest absolute Gasteiger partial charge is 0.472 e. The number of hydrogen-bond donors (Lipinski definition) is 3. The van der Waals surface area contributed by atoms with E-state index >= 15 is 0 Å². The van der Waals surface area contributed by atoms with E-state index in [0.717, 1.165) is 6.92 Å². The van der Waals surface area contributed by atoms with Crippen molar-refractivity contribution in [2.24, 2.45) is 0 Å². The quantitative estimate of drug-likeness (QED) is 0.0785. The number of esters is 2. The zero-order valence-electron chi connectivity index (χ0n) is 26.3. The van der Waals surface area contributed by atoms with E-state index in [-0.39, 0.29) is 50.3 Å². The van der Waals surface area contributed by atoms with Crippen LogP contribution in [0.15, 0.2) is 0 Å². The summed E-state index contributed by atoms with van der Waals surface area (Å²) in [7, 11) is -4.53. The first-order chi connectivity index (χ1) is 20.2. The van der Waals surface area contributed by atoms with Gasteiger partial charge in [0.05, 0.1) is 13.2 Å². The molecule has 16 heteroatoms. The zero-order valence-corrected chi connectivity index (χ0v) is 28.0. The standard InChI is InChI=1S/C27H50N3O11PS/c1-7-10-26(35)38-19-22(41-21(4)31)20-40-42(36,37)39-16-14-29-24(33)11-17-43-18-15-30(25(34)9-3)27(5,6)12-13-28-23(32)8-2/h22H,7-20H2,1-6H3,(H,28,32)(H,29,33)(H,36,37)/t22-/m1/s1. The average Bonchev–Trinajstić information content (AvgIpc) is 2.93. The Balaban J connectivity index is 4.39. The van der Waals surface area contributed by atoms with E-state index in [0.29, 0.717) is 50.3 Å². The molecule has 43 heavy (non-hydrogen) atoms. The van der Waals surface area contributed by atoms with Crippen LogP contribution in [0.2, 0.25) is 0 Å². The van der Waals surface area contributed by atoms with Crippen molar-refractivity contribution in [2.45, 2.75) is 91.7 Å². The van der Waals surface area contributed by atoms with Crippen LogP contribution in [0.3, 0.4) is 0 Å². The van der Waals surface area contributed by atoms with Crippen LogP contribution in [0.1, 0.15) is 80.1 Å². The third-order valence-electron chi connectivity index (χ3n) is 5.97. The Kier molecular flexibility index (Phi) is 21.2. The summed E-state index contributed by atoms with van der Waals surface area (Å²) in [5, 5.41) is 5.43. The molecule has 0 aliphatic heterocycles. The van der Waals surface area contributed by atoms with Crippen molar-refractivity contribution < 1.29 is 52.0 Å². The number of carbonyl (C=O) groups is 5. The molecule has 0 saturated heterocycles. The van der Waals surface area contributed by atoms with Crippen LogP contribution >= 0.6 is 19.6 Å². The van der Waals surface area contributed by atoms with Crippen LogP contribution in [-0.2, 0) is 47.1 Å². The number of rotatable bonds is 24. The van der Waals surface area contributed by atoms with Gasteiger partial charge in [0.25, 0.3) is 0 Å². The highest BCUT2D eigenvalue weighted by Crippen LogP contribution is 2.43. The average molecular weight is 656 g/mol. The van der Waals surface area contributed by atoms with Crippen molar-refractivity contribution in [2.75, 3.05) is 51.0 Å². The van der Waals surface area contributed by atoms with Gasteiger partial charge in [-0.25, -0.2) is 4.57 Å². The Morgan fingerprint density at radius 3 is 2.21 bits per heavy atom. The molecule has 1 unspecified atom stereocenters. The smallest absolute Gasteiger partial charge is 0.462 e. The molecular formula is C27H50N3O11PS. The van der Waals surface area contributed by atoms with Gasteiger partial charge in [-0.15, -0.1) is 0 Å². The molecule has 0 aromatic heterocycles. The number of amides is 3. The van der Waals surface area contributed by atoms with Crippen molar-refractivity contribution in [3.05, 3.63) is 0 Å². The van der Waals surface area contributed by atoms with Crippen molar-refractivity contribution in [1.82, 2.24) is 15.5 Å². The Labute approximate surface area is 259 Å². The van der Waals surface area contributed by atoms with Crippen LogP contribution < -0.4 is 10.6 Å². The Bertz CT molecular complexity index is 936. The molecule has 0 heterocycles. The van der Waals surface area contributed by atoms with Crippen LogP contribution in [0.4, 0.5) is 0 Å². The summed E-state index contributed by atoms with van der Waals surface area (Å²) in [6, 6.07) is 0. The number of phosphoric acid groups is 1. The van der Waals surface area contributed by atoms with Gasteiger partial charge in [0, 0.05) is 69.3 Å². The second-order valence-electron chi connectivity index (χ2n) is 10.1. The molecule has 3 N–H and O–H groups in total. The van der Waals surface area contributed by atoms with Gasteiger partial charge in [-0.1, -0.05) is 20.8 Å². The summed E-state index contributed by atoms with van der Waals surface area (Å²) in [4.78, 5) is 70.7. The highest BCUT2D eigenvalue weighted by Gasteiger charge is 2.29. The molecule has 0 fully saturated rings. The zero-order chi connectivity index (χ0) is 32.9. The number of nitrogens with one attached hydrogen (secondary N) is 2. The Morgan fingerprint density at radius 2 is 1.60 bits per heavy atom. The minimum atomic E-state index is -4.53. The molecule has 0 aliphatic carbocycles. The van der Waals surface area contributed by atoms with Crippen molar-refractivity contribution >= 4 is 49.2 Å². The number of carbonyl (C=O) groups excluding carboxylic acids is 5. The maximum atomic E-state index is 12.6. The van der Waals surface area contributed by atoms with E-state index in [2.05, 4.69) is 10.6 Å². The first-order valence-corrected chi connectivity index (χ1v) is 17.2. The lowest BCUT2D eigenvalue weighted by Crippen LogP contribution is -2.50. The van der Waals surface area contributed by atoms with E-state index in [1.807, 2.05) is 18.7 Å². The maximum Gasteiger partial charge on any atom is 0.472 e. The maximum absolute atomic E-state index is 12.6.